The number of halogens is 3. The highest BCUT2D eigenvalue weighted by atomic mass is 19.1. The summed E-state index contributed by atoms with van der Waals surface area (Å²) in [4.78, 5) is 0. The third-order valence-electron chi connectivity index (χ3n) is 2.09. The van der Waals surface area contributed by atoms with Gasteiger partial charge in [-0.3, -0.25) is 0 Å². The number of para-hydroxylation sites is 2. The van der Waals surface area contributed by atoms with Crippen molar-refractivity contribution < 1.29 is 17.9 Å². The Morgan fingerprint density at radius 1 is 0.941 bits per heavy atom. The van der Waals surface area contributed by atoms with Gasteiger partial charge in [-0.1, -0.05) is 12.1 Å². The molecule has 0 aliphatic carbocycles. The number of rotatable bonds is 2. The highest BCUT2D eigenvalue weighted by Gasteiger charge is 2.14. The van der Waals surface area contributed by atoms with Gasteiger partial charge < -0.3 is 10.5 Å². The molecular weight excluding hydrogens is 231 g/mol. The Morgan fingerprint density at radius 2 is 1.53 bits per heavy atom. The van der Waals surface area contributed by atoms with Crippen molar-refractivity contribution in [3.63, 3.8) is 0 Å². The van der Waals surface area contributed by atoms with E-state index >= 15 is 0 Å². The first-order chi connectivity index (χ1) is 8.08. The van der Waals surface area contributed by atoms with Crippen molar-refractivity contribution in [2.75, 3.05) is 5.73 Å². The average Bonchev–Trinajstić information content (AvgIpc) is 2.25. The Labute approximate surface area is 95.4 Å². The molecular formula is C12H8F3NO. The average molecular weight is 239 g/mol. The molecule has 0 aliphatic heterocycles. The number of anilines is 1. The maximum Gasteiger partial charge on any atom is 0.198 e. The third kappa shape index (κ3) is 2.33. The number of ether oxygens (including phenoxy) is 1. The fourth-order valence-electron chi connectivity index (χ4n) is 1.31. The minimum absolute atomic E-state index is 0.108. The van der Waals surface area contributed by atoms with E-state index in [1.54, 1.807) is 12.1 Å². The maximum absolute atomic E-state index is 13.3. The van der Waals surface area contributed by atoms with Crippen LogP contribution in [0.25, 0.3) is 0 Å². The molecule has 0 saturated heterocycles. The van der Waals surface area contributed by atoms with E-state index in [4.69, 9.17) is 10.5 Å². The Balaban J connectivity index is 2.40. The minimum atomic E-state index is -1.12. The van der Waals surface area contributed by atoms with Crippen LogP contribution in [0.15, 0.2) is 36.4 Å². The summed E-state index contributed by atoms with van der Waals surface area (Å²) in [5, 5.41) is 0. The van der Waals surface area contributed by atoms with Gasteiger partial charge >= 0.3 is 0 Å². The van der Waals surface area contributed by atoms with Crippen LogP contribution in [0.2, 0.25) is 0 Å². The molecule has 0 radical (unpaired) electrons. The van der Waals surface area contributed by atoms with Crippen LogP contribution in [0.4, 0.5) is 18.9 Å². The molecule has 0 spiro atoms. The number of hydrogen-bond acceptors (Lipinski definition) is 2. The fourth-order valence-corrected chi connectivity index (χ4v) is 1.31. The molecule has 0 aliphatic rings. The van der Waals surface area contributed by atoms with Crippen molar-refractivity contribution in [2.45, 2.75) is 0 Å². The number of nitrogen functional groups attached to an aromatic ring is 1. The molecule has 0 heterocycles. The second-order valence-electron chi connectivity index (χ2n) is 3.34. The van der Waals surface area contributed by atoms with Crippen LogP contribution in [0.1, 0.15) is 0 Å². The third-order valence-corrected chi connectivity index (χ3v) is 2.09. The summed E-state index contributed by atoms with van der Waals surface area (Å²) in [6.07, 6.45) is 0. The van der Waals surface area contributed by atoms with E-state index < -0.39 is 23.2 Å². The van der Waals surface area contributed by atoms with Gasteiger partial charge in [0, 0.05) is 12.1 Å². The molecule has 0 saturated carbocycles. The first-order valence-electron chi connectivity index (χ1n) is 4.75. The molecule has 2 rings (SSSR count). The van der Waals surface area contributed by atoms with E-state index in [0.29, 0.717) is 12.1 Å². The van der Waals surface area contributed by atoms with Gasteiger partial charge in [-0.2, -0.15) is 0 Å². The first-order valence-corrected chi connectivity index (χ1v) is 4.75. The SMILES string of the molecule is Nc1ccccc1Oc1c(F)cc(F)cc1F. The normalized spacial score (nSPS) is 10.3. The Morgan fingerprint density at radius 3 is 2.12 bits per heavy atom. The van der Waals surface area contributed by atoms with Gasteiger partial charge in [-0.05, 0) is 12.1 Å². The molecule has 2 aromatic rings. The van der Waals surface area contributed by atoms with E-state index in [9.17, 15) is 13.2 Å². The molecule has 0 fully saturated rings. The highest BCUT2D eigenvalue weighted by Crippen LogP contribution is 2.31. The molecule has 2 N–H and O–H groups in total. The molecule has 88 valence electrons. The Kier molecular flexibility index (Phi) is 2.91. The first kappa shape index (κ1) is 11.3. The molecule has 17 heavy (non-hydrogen) atoms. The van der Waals surface area contributed by atoms with Gasteiger partial charge in [0.15, 0.2) is 23.1 Å². The molecule has 0 unspecified atom stereocenters. The van der Waals surface area contributed by atoms with Gasteiger partial charge in [0.2, 0.25) is 0 Å². The van der Waals surface area contributed by atoms with Gasteiger partial charge in [0.1, 0.15) is 5.82 Å². The van der Waals surface area contributed by atoms with E-state index in [1.807, 2.05) is 0 Å². The molecule has 5 heteroatoms. The van der Waals surface area contributed by atoms with E-state index in [1.165, 1.54) is 12.1 Å². The summed E-state index contributed by atoms with van der Waals surface area (Å²) in [6, 6.07) is 7.31. The van der Waals surface area contributed by atoms with Gasteiger partial charge in [-0.15, -0.1) is 0 Å². The van der Waals surface area contributed by atoms with Crippen molar-refractivity contribution in [2.24, 2.45) is 0 Å². The summed E-state index contributed by atoms with van der Waals surface area (Å²) in [5.41, 5.74) is 5.79. The summed E-state index contributed by atoms with van der Waals surface area (Å²) in [7, 11) is 0. The molecule has 2 aromatic carbocycles. The predicted octanol–water partition coefficient (Wildman–Crippen LogP) is 3.48. The summed E-state index contributed by atoms with van der Waals surface area (Å²) in [6.45, 7) is 0. The standard InChI is InChI=1S/C12H8F3NO/c13-7-5-8(14)12(9(15)6-7)17-11-4-2-1-3-10(11)16/h1-6H,16H2. The smallest absolute Gasteiger partial charge is 0.198 e. The van der Waals surface area contributed by atoms with E-state index in [0.717, 1.165) is 0 Å². The molecule has 0 atom stereocenters. The van der Waals surface area contributed by atoms with Crippen LogP contribution in [-0.2, 0) is 0 Å². The number of hydrogen-bond donors (Lipinski definition) is 1. The maximum atomic E-state index is 13.3. The lowest BCUT2D eigenvalue weighted by atomic mass is 10.3. The quantitative estimate of drug-likeness (QED) is 0.814. The minimum Gasteiger partial charge on any atom is -0.449 e. The molecule has 0 aromatic heterocycles. The monoisotopic (exact) mass is 239 g/mol. The zero-order chi connectivity index (χ0) is 12.4. The topological polar surface area (TPSA) is 35.2 Å². The molecule has 2 nitrogen and oxygen atoms in total. The lowest BCUT2D eigenvalue weighted by Crippen LogP contribution is -1.97. The van der Waals surface area contributed by atoms with Crippen molar-refractivity contribution in [1.29, 1.82) is 0 Å². The largest absolute Gasteiger partial charge is 0.449 e. The predicted molar refractivity (Wildman–Crippen MR) is 57.2 cm³/mol. The number of nitrogens with two attached hydrogens (primary N) is 1. The summed E-state index contributed by atoms with van der Waals surface area (Å²) in [5.74, 6) is -3.81. The van der Waals surface area contributed by atoms with Crippen LogP contribution in [0.3, 0.4) is 0 Å². The van der Waals surface area contributed by atoms with E-state index in [2.05, 4.69) is 0 Å². The summed E-state index contributed by atoms with van der Waals surface area (Å²) >= 11 is 0. The highest BCUT2D eigenvalue weighted by molar-refractivity contribution is 5.53. The van der Waals surface area contributed by atoms with Crippen molar-refractivity contribution in [1.82, 2.24) is 0 Å². The van der Waals surface area contributed by atoms with Crippen molar-refractivity contribution >= 4 is 5.69 Å². The van der Waals surface area contributed by atoms with Crippen LogP contribution >= 0.6 is 0 Å². The lowest BCUT2D eigenvalue weighted by molar-refractivity contribution is 0.402. The van der Waals surface area contributed by atoms with Gasteiger partial charge in [0.05, 0.1) is 5.69 Å². The second-order valence-corrected chi connectivity index (χ2v) is 3.34. The van der Waals surface area contributed by atoms with Gasteiger partial charge in [0.25, 0.3) is 0 Å². The van der Waals surface area contributed by atoms with Crippen molar-refractivity contribution in [3.8, 4) is 11.5 Å². The fraction of sp³-hybridized carbons (Fsp3) is 0. The number of benzene rings is 2. The van der Waals surface area contributed by atoms with Crippen LogP contribution in [0, 0.1) is 17.5 Å². The molecule has 0 bridgehead atoms. The lowest BCUT2D eigenvalue weighted by Gasteiger charge is -2.09. The van der Waals surface area contributed by atoms with E-state index in [-0.39, 0.29) is 11.4 Å². The van der Waals surface area contributed by atoms with Crippen LogP contribution < -0.4 is 10.5 Å². The van der Waals surface area contributed by atoms with Crippen molar-refractivity contribution in [3.05, 3.63) is 53.8 Å². The zero-order valence-electron chi connectivity index (χ0n) is 8.58. The molecule has 0 amide bonds. The zero-order valence-corrected chi connectivity index (χ0v) is 8.58. The Hall–Kier alpha value is -2.17. The van der Waals surface area contributed by atoms with Crippen LogP contribution in [0.5, 0.6) is 11.5 Å². The second kappa shape index (κ2) is 4.37. The summed E-state index contributed by atoms with van der Waals surface area (Å²) < 4.78 is 44.2. The van der Waals surface area contributed by atoms with Gasteiger partial charge in [-0.25, -0.2) is 13.2 Å². The Bertz CT molecular complexity index is 534. The van der Waals surface area contributed by atoms with Crippen LogP contribution in [-0.4, -0.2) is 0 Å².